The predicted octanol–water partition coefficient (Wildman–Crippen LogP) is 2.34. The average molecular weight is 563 g/mol. The van der Waals surface area contributed by atoms with Crippen molar-refractivity contribution < 1.29 is 33.7 Å². The van der Waals surface area contributed by atoms with Gasteiger partial charge in [-0.3, -0.25) is 19.3 Å². The molecule has 11 nitrogen and oxygen atoms in total. The largest absolute Gasteiger partial charge is 0.493 e. The van der Waals surface area contributed by atoms with Crippen molar-refractivity contribution in [2.24, 2.45) is 5.92 Å². The van der Waals surface area contributed by atoms with Crippen LogP contribution >= 0.6 is 0 Å². The first-order chi connectivity index (χ1) is 19.1. The number of unbranched alkanes of at least 4 members (excludes halogenated alkanes) is 1. The molecule has 1 saturated heterocycles. The maximum absolute atomic E-state index is 13.6. The molecule has 2 aliphatic heterocycles. The molecular weight excluding hydrogens is 516 g/mol. The normalized spacial score (nSPS) is 20.1. The molecule has 1 fully saturated rings. The van der Waals surface area contributed by atoms with Crippen LogP contribution < -0.4 is 14.2 Å². The highest BCUT2D eigenvalue weighted by atomic mass is 16.7. The molecule has 0 saturated carbocycles. The van der Waals surface area contributed by atoms with Crippen LogP contribution in [0.25, 0.3) is 0 Å². The summed E-state index contributed by atoms with van der Waals surface area (Å²) in [6, 6.07) is 3.21. The van der Waals surface area contributed by atoms with Gasteiger partial charge in [-0.25, -0.2) is 0 Å². The molecule has 0 aliphatic carbocycles. The summed E-state index contributed by atoms with van der Waals surface area (Å²) in [5, 5.41) is 10.5. The minimum absolute atomic E-state index is 0.00480. The van der Waals surface area contributed by atoms with Crippen molar-refractivity contribution in [2.75, 3.05) is 74.3 Å². The van der Waals surface area contributed by atoms with Gasteiger partial charge in [0.2, 0.25) is 24.4 Å². The van der Waals surface area contributed by atoms with Crippen LogP contribution in [0.1, 0.15) is 51.0 Å². The average Bonchev–Trinajstić information content (AvgIpc) is 3.52. The van der Waals surface area contributed by atoms with Gasteiger partial charge in [0.05, 0.1) is 19.6 Å². The Morgan fingerprint density at radius 2 is 1.80 bits per heavy atom. The molecule has 1 N–H and O–H groups in total. The number of ether oxygens (including phenoxy) is 3. The highest BCUT2D eigenvalue weighted by Gasteiger charge is 2.47. The molecule has 40 heavy (non-hydrogen) atoms. The number of likely N-dealkylation sites (tertiary alicyclic amines) is 1. The standard InChI is InChI=1S/C29H46N4O7/c1-7-8-12-32(13-9-11-30(3)4)26(35)18-33-17-22(21-15-24(38-6)28-25(16-21)39-19-40-28)27(29(36)37)23(33)10-14-31(5)20(2)34/h15-16,22-23,27H,7-14,17-19H2,1-6H3,(H,36,37)/t22-,23+,27-/m1/s1. The van der Waals surface area contributed by atoms with Crippen LogP contribution in [0.15, 0.2) is 12.1 Å². The minimum Gasteiger partial charge on any atom is -0.493 e. The van der Waals surface area contributed by atoms with Crippen LogP contribution in [0.4, 0.5) is 0 Å². The summed E-state index contributed by atoms with van der Waals surface area (Å²) in [5.41, 5.74) is 0.766. The summed E-state index contributed by atoms with van der Waals surface area (Å²) in [4.78, 5) is 46.0. The smallest absolute Gasteiger partial charge is 0.308 e. The van der Waals surface area contributed by atoms with Crippen molar-refractivity contribution in [3.63, 3.8) is 0 Å². The van der Waals surface area contributed by atoms with Crippen molar-refractivity contribution in [3.05, 3.63) is 17.7 Å². The Hall–Kier alpha value is -3.05. The number of methoxy groups -OCH3 is 1. The minimum atomic E-state index is -0.930. The fourth-order valence-electron chi connectivity index (χ4n) is 5.60. The van der Waals surface area contributed by atoms with Crippen molar-refractivity contribution in [3.8, 4) is 17.2 Å². The first-order valence-electron chi connectivity index (χ1n) is 14.2. The number of fused-ring (bicyclic) bond motifs is 1. The summed E-state index contributed by atoms with van der Waals surface area (Å²) in [7, 11) is 7.28. The Labute approximate surface area is 237 Å². The topological polar surface area (TPSA) is 112 Å². The van der Waals surface area contributed by atoms with Gasteiger partial charge in [-0.2, -0.15) is 0 Å². The monoisotopic (exact) mass is 562 g/mol. The third-order valence-corrected chi connectivity index (χ3v) is 7.95. The second kappa shape index (κ2) is 14.5. The van der Waals surface area contributed by atoms with Gasteiger partial charge in [0.1, 0.15) is 0 Å². The first-order valence-corrected chi connectivity index (χ1v) is 14.2. The Bertz CT molecular complexity index is 1030. The highest BCUT2D eigenvalue weighted by Crippen LogP contribution is 2.47. The molecule has 0 radical (unpaired) electrons. The number of benzene rings is 1. The van der Waals surface area contributed by atoms with Crippen LogP contribution in [0.5, 0.6) is 17.2 Å². The third-order valence-electron chi connectivity index (χ3n) is 7.95. The number of carboxylic acid groups (broad SMARTS) is 1. The lowest BCUT2D eigenvalue weighted by molar-refractivity contribution is -0.144. The Morgan fingerprint density at radius 3 is 2.42 bits per heavy atom. The fraction of sp³-hybridized carbons (Fsp3) is 0.690. The van der Waals surface area contributed by atoms with Gasteiger partial charge < -0.3 is 34.0 Å². The molecular formula is C29H46N4O7. The molecule has 2 amide bonds. The van der Waals surface area contributed by atoms with E-state index in [1.54, 1.807) is 11.9 Å². The van der Waals surface area contributed by atoms with E-state index < -0.39 is 23.8 Å². The lowest BCUT2D eigenvalue weighted by Crippen LogP contribution is -2.46. The second-order valence-electron chi connectivity index (χ2n) is 11.0. The summed E-state index contributed by atoms with van der Waals surface area (Å²) in [6.07, 6.45) is 3.20. The molecule has 2 aliphatic rings. The molecule has 0 bridgehead atoms. The van der Waals surface area contributed by atoms with Crippen molar-refractivity contribution in [1.29, 1.82) is 0 Å². The molecule has 3 rings (SSSR count). The van der Waals surface area contributed by atoms with Gasteiger partial charge in [0.15, 0.2) is 11.5 Å². The molecule has 0 unspecified atom stereocenters. The van der Waals surface area contributed by atoms with Gasteiger partial charge in [-0.05, 0) is 57.6 Å². The van der Waals surface area contributed by atoms with E-state index in [-0.39, 0.29) is 25.2 Å². The van der Waals surface area contributed by atoms with Crippen LogP contribution in [-0.4, -0.2) is 123 Å². The van der Waals surface area contributed by atoms with Gasteiger partial charge >= 0.3 is 5.97 Å². The number of carbonyl (C=O) groups is 3. The van der Waals surface area contributed by atoms with E-state index in [0.717, 1.165) is 31.4 Å². The zero-order valence-corrected chi connectivity index (χ0v) is 24.9. The zero-order valence-electron chi connectivity index (χ0n) is 24.9. The molecule has 3 atom stereocenters. The SMILES string of the molecule is CCCCN(CCCN(C)C)C(=O)CN1C[C@H](c2cc(OC)c3c(c2)OCO3)[C@@H](C(=O)O)[C@@H]1CCN(C)C(C)=O. The first kappa shape index (κ1) is 31.5. The van der Waals surface area contributed by atoms with Crippen LogP contribution in [-0.2, 0) is 14.4 Å². The van der Waals surface area contributed by atoms with Crippen molar-refractivity contribution >= 4 is 17.8 Å². The quantitative estimate of drug-likeness (QED) is 0.344. The van der Waals surface area contributed by atoms with E-state index in [9.17, 15) is 19.5 Å². The summed E-state index contributed by atoms with van der Waals surface area (Å²) < 4.78 is 16.7. The number of hydrogen-bond donors (Lipinski definition) is 1. The molecule has 11 heteroatoms. The van der Waals surface area contributed by atoms with E-state index >= 15 is 0 Å². The Kier molecular flexibility index (Phi) is 11.4. The molecule has 0 spiro atoms. The zero-order chi connectivity index (χ0) is 29.4. The summed E-state index contributed by atoms with van der Waals surface area (Å²) in [5.74, 6) is -0.680. The number of rotatable bonds is 15. The molecule has 0 aromatic heterocycles. The van der Waals surface area contributed by atoms with E-state index in [0.29, 0.717) is 49.8 Å². The Balaban J connectivity index is 1.90. The van der Waals surface area contributed by atoms with E-state index in [1.807, 2.05) is 36.0 Å². The maximum atomic E-state index is 13.6. The maximum Gasteiger partial charge on any atom is 0.308 e. The molecule has 1 aromatic carbocycles. The van der Waals surface area contributed by atoms with Crippen molar-refractivity contribution in [2.45, 2.75) is 51.5 Å². The van der Waals surface area contributed by atoms with E-state index in [4.69, 9.17) is 14.2 Å². The van der Waals surface area contributed by atoms with Gasteiger partial charge in [-0.15, -0.1) is 0 Å². The third kappa shape index (κ3) is 7.78. The van der Waals surface area contributed by atoms with Gasteiger partial charge in [0, 0.05) is 52.1 Å². The number of carbonyl (C=O) groups excluding carboxylic acids is 2. The molecule has 224 valence electrons. The predicted molar refractivity (Wildman–Crippen MR) is 151 cm³/mol. The summed E-state index contributed by atoms with van der Waals surface area (Å²) >= 11 is 0. The van der Waals surface area contributed by atoms with Crippen LogP contribution in [0.2, 0.25) is 0 Å². The summed E-state index contributed by atoms with van der Waals surface area (Å²) in [6.45, 7) is 6.81. The van der Waals surface area contributed by atoms with Gasteiger partial charge in [0.25, 0.3) is 0 Å². The van der Waals surface area contributed by atoms with Crippen molar-refractivity contribution in [1.82, 2.24) is 19.6 Å². The highest BCUT2D eigenvalue weighted by molar-refractivity contribution is 5.79. The molecule has 1 aromatic rings. The lowest BCUT2D eigenvalue weighted by Gasteiger charge is -2.31. The number of nitrogens with zero attached hydrogens (tertiary/aromatic N) is 4. The van der Waals surface area contributed by atoms with Crippen LogP contribution in [0, 0.1) is 5.92 Å². The van der Waals surface area contributed by atoms with Gasteiger partial charge in [-0.1, -0.05) is 13.3 Å². The van der Waals surface area contributed by atoms with E-state index in [1.165, 1.54) is 14.0 Å². The number of hydrogen-bond acceptors (Lipinski definition) is 8. The van der Waals surface area contributed by atoms with Crippen LogP contribution in [0.3, 0.4) is 0 Å². The molecule has 2 heterocycles. The second-order valence-corrected chi connectivity index (χ2v) is 11.0. The lowest BCUT2D eigenvalue weighted by atomic mass is 9.84. The fourth-order valence-corrected chi connectivity index (χ4v) is 5.60. The number of aliphatic carboxylic acids is 1. The number of amides is 2. The Morgan fingerprint density at radius 1 is 1.07 bits per heavy atom. The number of carboxylic acids is 1. The van der Waals surface area contributed by atoms with E-state index in [2.05, 4.69) is 11.8 Å².